The molecule has 0 fully saturated rings. The average molecular weight is 10200 g/mol. The molecular weight excluding hydrogens is 10200 g/mol. The van der Waals surface area contributed by atoms with Crippen molar-refractivity contribution in [1.82, 2.24) is 0 Å². The van der Waals surface area contributed by atoms with Gasteiger partial charge in [-0.3, -0.25) is 0 Å². The maximum absolute atomic E-state index is 0. The Kier molecular flexibility index (Phi) is 3180. The molecule has 64 heavy (non-hydrogen) atoms. The molecule has 0 N–H and O–H groups in total. The van der Waals surface area contributed by atoms with Crippen molar-refractivity contribution in [2.75, 3.05) is 0 Å². The molecule has 0 saturated carbocycles. The summed E-state index contributed by atoms with van der Waals surface area (Å²) in [6.45, 7) is 0. The minimum absolute atomic E-state index is 0. The van der Waals surface area contributed by atoms with E-state index in [0.717, 1.165) is 0 Å². The minimum Gasteiger partial charge on any atom is 0 e. The van der Waals surface area contributed by atoms with Crippen LogP contribution in [0.1, 0.15) is 0 Å². The molecule has 64 heteroatoms. The topological polar surface area (TPSA) is 0 Å². The quantitative estimate of drug-likeness (QED) is 0.321. The minimum atomic E-state index is 0. The third-order valence-electron chi connectivity index (χ3n) is 0. The van der Waals surface area contributed by atoms with Gasteiger partial charge in [0.15, 0.2) is 0 Å². The molecule has 0 saturated heterocycles. The predicted octanol–water partition coefficient (Wildman–Crippen LogP) is 0. The van der Waals surface area contributed by atoms with Crippen molar-refractivity contribution < 1.29 is 2470 Å². The van der Waals surface area contributed by atoms with Crippen LogP contribution in [0.25, 0.3) is 0 Å². The fourth-order valence-electron chi connectivity index (χ4n) is 0. The first kappa shape index (κ1) is 456. The van der Waals surface area contributed by atoms with E-state index in [4.69, 9.17) is 0 Å². The van der Waals surface area contributed by atoms with Crippen LogP contribution in [-0.2, 0) is 0 Å². The van der Waals surface area contributed by atoms with Gasteiger partial charge < -0.3 is 0 Å². The molecule has 0 spiro atoms. The Morgan fingerprint density at radius 2 is 0.0156 bits per heavy atom. The van der Waals surface area contributed by atoms with Gasteiger partial charge in [-0.05, 0) is 0 Å². The molecule has 0 rings (SSSR count). The van der Waals surface area contributed by atoms with Crippen LogP contribution >= 0.6 is 0 Å². The molecule has 64 radical (unpaired) electrons. The molecule has 0 nitrogen and oxygen atoms in total. The van der Waals surface area contributed by atoms with E-state index >= 15 is 0 Å². The smallest absolute Gasteiger partial charge is 0 e. The first-order valence-electron chi connectivity index (χ1n) is 0. The van der Waals surface area contributed by atoms with Crippen molar-refractivity contribution in [2.24, 2.45) is 0 Å². The molecule has 0 unspecified atom stereocenters. The predicted molar refractivity (Wildman–Crippen MR) is 0 cm³/mol. The van der Waals surface area contributed by atoms with Gasteiger partial charge in [0.05, 0.1) is 0 Å². The van der Waals surface area contributed by atoms with Crippen molar-refractivity contribution in [1.29, 1.82) is 0 Å². The Hall–Kier alpha value is 82.3. The largest absolute Gasteiger partial charge is 0 e. The molecule has 576 valence electrons. The number of rotatable bonds is 0. The molecule has 0 aromatic carbocycles. The molecule has 0 atom stereocenters. The summed E-state index contributed by atoms with van der Waals surface area (Å²) in [6, 6.07) is 0. The second-order valence-electron chi connectivity index (χ2n) is 0. The molecule has 0 bridgehead atoms. The van der Waals surface area contributed by atoms with E-state index < -0.39 is 0 Å². The van der Waals surface area contributed by atoms with Crippen molar-refractivity contribution in [3.8, 4) is 0 Å². The van der Waals surface area contributed by atoms with Crippen LogP contribution in [0.2, 0.25) is 0 Å². The second kappa shape index (κ2) is 447. The first-order chi connectivity index (χ1) is 0. The van der Waals surface area contributed by atoms with Crippen LogP contribution in [-0.4, -0.2) is 0 Å². The molecule has 0 aliphatic heterocycles. The van der Waals surface area contributed by atoms with E-state index in [0.29, 0.717) is 0 Å². The average Bonchev–Trinajstić information content (AvgIpc) is 0. The summed E-state index contributed by atoms with van der Waals surface area (Å²) in [5, 5.41) is 0. The van der Waals surface area contributed by atoms with Gasteiger partial charge in [-0.2, -0.15) is 0 Å². The van der Waals surface area contributed by atoms with E-state index in [-0.39, 0.29) is 2470 Å². The zero-order chi connectivity index (χ0) is 0. The van der Waals surface area contributed by atoms with Crippen LogP contribution in [0.3, 0.4) is 0 Å². The fourth-order valence-corrected chi connectivity index (χ4v) is 0. The monoisotopic (exact) mass is 10200 g/mol. The van der Waals surface area contributed by atoms with E-state index in [2.05, 4.69) is 0 Å². The summed E-state index contributed by atoms with van der Waals surface area (Å²) in [5.74, 6) is 0. The van der Waals surface area contributed by atoms with Gasteiger partial charge >= 0.3 is 0 Å². The summed E-state index contributed by atoms with van der Waals surface area (Å²) in [6.07, 6.45) is 0. The van der Waals surface area contributed by atoms with Crippen LogP contribution in [0, 0.1) is 2470 Å². The van der Waals surface area contributed by atoms with Crippen molar-refractivity contribution in [3.05, 3.63) is 0 Å². The Labute approximate surface area is 2370 Å². The summed E-state index contributed by atoms with van der Waals surface area (Å²) in [5.41, 5.74) is 0. The zero-order valence-corrected chi connectivity index (χ0v) is 158. The number of hydrogen-bond acceptors (Lipinski definition) is 0. The molecule has 0 aromatic rings. The third kappa shape index (κ3) is 438. The molecule has 0 aliphatic carbocycles. The Balaban J connectivity index is 0. The van der Waals surface area contributed by atoms with E-state index in [1.165, 1.54) is 0 Å². The van der Waals surface area contributed by atoms with E-state index in [1.54, 1.807) is 0 Å². The van der Waals surface area contributed by atoms with Crippen LogP contribution in [0.4, 0.5) is 0 Å². The Morgan fingerprint density at radius 3 is 0.0156 bits per heavy atom. The zero-order valence-electron chi connectivity index (χ0n) is 21.3. The van der Waals surface area contributed by atoms with Crippen LogP contribution in [0.15, 0.2) is 0 Å². The van der Waals surface area contributed by atoms with Gasteiger partial charge in [0.2, 0.25) is 0 Å². The molecular formula is Tb64. The maximum atomic E-state index is 0. The van der Waals surface area contributed by atoms with Gasteiger partial charge in [0.1, 0.15) is 0 Å². The van der Waals surface area contributed by atoms with Gasteiger partial charge in [0.25, 0.3) is 0 Å². The summed E-state index contributed by atoms with van der Waals surface area (Å²) in [4.78, 5) is 0. The Bertz CT molecular complexity index is 0. The van der Waals surface area contributed by atoms with Gasteiger partial charge in [0, 0.05) is 2470 Å². The Morgan fingerprint density at radius 1 is 0.0156 bits per heavy atom. The van der Waals surface area contributed by atoms with Crippen molar-refractivity contribution in [2.45, 2.75) is 0 Å². The first-order valence-corrected chi connectivity index (χ1v) is 0. The third-order valence-corrected chi connectivity index (χ3v) is 0. The SMILES string of the molecule is [Tb].[Tb].[Tb].[Tb].[Tb].[Tb].[Tb].[Tb].[Tb].[Tb].[Tb].[Tb].[Tb].[Tb].[Tb].[Tb].[Tb].[Tb].[Tb].[Tb].[Tb].[Tb].[Tb].[Tb].[Tb].[Tb].[Tb].[Tb].[Tb].[Tb].[Tb].[Tb].[Tb].[Tb].[Tb].[Tb].[Tb].[Tb].[Tb].[Tb].[Tb].[Tb].[Tb].[Tb].[Tb].[Tb].[Tb].[Tb].[Tb].[Tb].[Tb].[Tb].[Tb].[Tb].[Tb].[Tb].[Tb].[Tb].[Tb].[Tb].[Tb].[Tb].[Tb].[Tb]. The summed E-state index contributed by atoms with van der Waals surface area (Å²) >= 11 is 0. The molecule has 0 heterocycles. The van der Waals surface area contributed by atoms with Crippen molar-refractivity contribution in [3.63, 3.8) is 0 Å². The van der Waals surface area contributed by atoms with E-state index in [9.17, 15) is 0 Å². The standard InChI is InChI=1S/64Tb. The summed E-state index contributed by atoms with van der Waals surface area (Å²) in [7, 11) is 0. The molecule has 0 aliphatic rings. The van der Waals surface area contributed by atoms with Gasteiger partial charge in [-0.1, -0.05) is 0 Å². The fraction of sp³-hybridized carbons (Fsp3) is 0. The second-order valence-corrected chi connectivity index (χ2v) is 0. The summed E-state index contributed by atoms with van der Waals surface area (Å²) < 4.78 is 0. The molecule has 0 aromatic heterocycles. The maximum Gasteiger partial charge on any atom is 0 e. The van der Waals surface area contributed by atoms with Crippen LogP contribution < -0.4 is 0 Å². The van der Waals surface area contributed by atoms with Gasteiger partial charge in [-0.15, -0.1) is 0 Å². The van der Waals surface area contributed by atoms with Crippen molar-refractivity contribution >= 4 is 0 Å². The normalized spacial score (nSPS) is 0. The van der Waals surface area contributed by atoms with Gasteiger partial charge in [-0.25, -0.2) is 0 Å². The van der Waals surface area contributed by atoms with Crippen LogP contribution in [0.5, 0.6) is 0 Å². The number of hydrogen-bond donors (Lipinski definition) is 0. The molecule has 0 amide bonds. The van der Waals surface area contributed by atoms with E-state index in [1.807, 2.05) is 0 Å².